The van der Waals surface area contributed by atoms with Crippen LogP contribution in [0.3, 0.4) is 0 Å². The van der Waals surface area contributed by atoms with Crippen molar-refractivity contribution in [2.75, 3.05) is 14.2 Å². The number of benzene rings is 1. The van der Waals surface area contributed by atoms with Gasteiger partial charge in [0.25, 0.3) is 16.1 Å². The molecule has 98 valence electrons. The van der Waals surface area contributed by atoms with E-state index in [1.54, 1.807) is 0 Å². The summed E-state index contributed by atoms with van der Waals surface area (Å²) >= 11 is 2.98. The Bertz CT molecular complexity index is 456. The Balaban J connectivity index is 3.64. The van der Waals surface area contributed by atoms with Crippen molar-refractivity contribution in [2.24, 2.45) is 0 Å². The summed E-state index contributed by atoms with van der Waals surface area (Å²) in [4.78, 5) is 20.4. The van der Waals surface area contributed by atoms with Crippen LogP contribution in [-0.4, -0.2) is 24.1 Å². The van der Waals surface area contributed by atoms with Crippen molar-refractivity contribution < 1.29 is 19.3 Å². The molecule has 1 aromatic rings. The summed E-state index contributed by atoms with van der Waals surface area (Å²) in [5, 5.41) is 21.9. The molecule has 0 N–H and O–H groups in total. The fourth-order valence-corrected chi connectivity index (χ4v) is 1.83. The minimum atomic E-state index is -1.75. The molecule has 0 saturated heterocycles. The third-order valence-corrected chi connectivity index (χ3v) is 3.28. The topological polar surface area (TPSA) is 105 Å². The van der Waals surface area contributed by atoms with Gasteiger partial charge in [-0.3, -0.25) is 20.2 Å². The zero-order chi connectivity index (χ0) is 13.9. The molecule has 0 aliphatic carbocycles. The van der Waals surface area contributed by atoms with Crippen LogP contribution in [0, 0.1) is 20.2 Å². The first-order valence-corrected chi connectivity index (χ1v) is 5.38. The van der Waals surface area contributed by atoms with Crippen molar-refractivity contribution in [3.05, 3.63) is 44.0 Å². The summed E-state index contributed by atoms with van der Waals surface area (Å²) in [5.74, 6) is 0. The van der Waals surface area contributed by atoms with Gasteiger partial charge in [-0.25, -0.2) is 0 Å². The number of nitrogens with zero attached hydrogens (tertiary/aromatic N) is 2. The zero-order valence-corrected chi connectivity index (χ0v) is 11.0. The summed E-state index contributed by atoms with van der Waals surface area (Å²) in [6.45, 7) is 0. The Labute approximate surface area is 110 Å². The van der Waals surface area contributed by atoms with Crippen LogP contribution in [0.25, 0.3) is 0 Å². The Hall–Kier alpha value is -1.58. The molecule has 8 nitrogen and oxygen atoms in total. The molecule has 9 heteroatoms. The van der Waals surface area contributed by atoms with Crippen LogP contribution in [0.2, 0.25) is 0 Å². The lowest BCUT2D eigenvalue weighted by Gasteiger charge is -2.23. The summed E-state index contributed by atoms with van der Waals surface area (Å²) in [6.07, 6.45) is 0. The number of nitro benzene ring substituents is 2. The number of rotatable bonds is 5. The van der Waals surface area contributed by atoms with Gasteiger partial charge < -0.3 is 9.47 Å². The van der Waals surface area contributed by atoms with E-state index in [4.69, 9.17) is 9.47 Å². The van der Waals surface area contributed by atoms with Crippen LogP contribution in [0.5, 0.6) is 0 Å². The Morgan fingerprint density at radius 1 is 1.11 bits per heavy atom. The molecule has 0 heterocycles. The highest BCUT2D eigenvalue weighted by molar-refractivity contribution is 9.09. The van der Waals surface area contributed by atoms with Crippen molar-refractivity contribution in [3.63, 3.8) is 0 Å². The Kier molecular flexibility index (Phi) is 4.33. The highest BCUT2D eigenvalue weighted by Gasteiger charge is 2.42. The molecule has 18 heavy (non-hydrogen) atoms. The minimum absolute atomic E-state index is 0.301. The molecule has 0 aromatic heterocycles. The van der Waals surface area contributed by atoms with E-state index < -0.39 is 25.9 Å². The first kappa shape index (κ1) is 14.5. The first-order chi connectivity index (χ1) is 8.37. The van der Waals surface area contributed by atoms with Crippen LogP contribution < -0.4 is 0 Å². The Morgan fingerprint density at radius 2 is 1.50 bits per heavy atom. The molecule has 1 aromatic carbocycles. The summed E-state index contributed by atoms with van der Waals surface area (Å²) in [6, 6.07) is 3.49. The van der Waals surface area contributed by atoms with E-state index in [2.05, 4.69) is 15.9 Å². The number of methoxy groups -OCH3 is 2. The molecule has 0 spiro atoms. The van der Waals surface area contributed by atoms with Crippen LogP contribution in [0.4, 0.5) is 11.4 Å². The van der Waals surface area contributed by atoms with E-state index in [1.807, 2.05) is 0 Å². The molecule has 0 aliphatic heterocycles. The predicted octanol–water partition coefficient (Wildman–Crippen LogP) is 2.30. The van der Waals surface area contributed by atoms with E-state index in [1.165, 1.54) is 20.3 Å². The maximum Gasteiger partial charge on any atom is 0.285 e. The largest absolute Gasteiger partial charge is 0.340 e. The number of ether oxygens (including phenoxy) is 2. The van der Waals surface area contributed by atoms with E-state index >= 15 is 0 Å². The second-order valence-electron chi connectivity index (χ2n) is 3.13. The lowest BCUT2D eigenvalue weighted by Crippen LogP contribution is -2.25. The standard InChI is InChI=1S/C9H9BrN2O6/c1-17-9(10,18-2)8-6(11(13)14)4-3-5-7(8)12(15)16/h3-5H,1-2H3. The Morgan fingerprint density at radius 3 is 1.78 bits per heavy atom. The van der Waals surface area contributed by atoms with Gasteiger partial charge in [-0.15, -0.1) is 0 Å². The molecule has 0 atom stereocenters. The number of alkyl halides is 1. The van der Waals surface area contributed by atoms with Crippen molar-refractivity contribution >= 4 is 27.3 Å². The minimum Gasteiger partial charge on any atom is -0.340 e. The second-order valence-corrected chi connectivity index (χ2v) is 4.17. The van der Waals surface area contributed by atoms with Gasteiger partial charge in [-0.2, -0.15) is 0 Å². The normalized spacial score (nSPS) is 11.3. The molecule has 0 aliphatic rings. The maximum atomic E-state index is 10.9. The lowest BCUT2D eigenvalue weighted by atomic mass is 10.1. The highest BCUT2D eigenvalue weighted by Crippen LogP contribution is 2.43. The monoisotopic (exact) mass is 320 g/mol. The lowest BCUT2D eigenvalue weighted by molar-refractivity contribution is -0.398. The van der Waals surface area contributed by atoms with Crippen LogP contribution in [0.15, 0.2) is 18.2 Å². The number of hydrogen-bond donors (Lipinski definition) is 0. The van der Waals surface area contributed by atoms with E-state index in [9.17, 15) is 20.2 Å². The van der Waals surface area contributed by atoms with Gasteiger partial charge in [-0.1, -0.05) is 0 Å². The van der Waals surface area contributed by atoms with E-state index in [0.717, 1.165) is 12.1 Å². The third-order valence-electron chi connectivity index (χ3n) is 2.24. The number of nitro groups is 2. The van der Waals surface area contributed by atoms with Gasteiger partial charge in [0, 0.05) is 26.4 Å². The second kappa shape index (κ2) is 5.38. The molecule has 0 fully saturated rings. The van der Waals surface area contributed by atoms with Crippen molar-refractivity contribution in [3.8, 4) is 0 Å². The van der Waals surface area contributed by atoms with Gasteiger partial charge in [0.15, 0.2) is 5.56 Å². The van der Waals surface area contributed by atoms with Crippen molar-refractivity contribution in [2.45, 2.75) is 4.70 Å². The molecule has 0 unspecified atom stereocenters. The predicted molar refractivity (Wildman–Crippen MR) is 64.4 cm³/mol. The van der Waals surface area contributed by atoms with Crippen LogP contribution in [-0.2, 0) is 14.2 Å². The fourth-order valence-electron chi connectivity index (χ4n) is 1.43. The summed E-state index contributed by atoms with van der Waals surface area (Å²) < 4.78 is 8.13. The summed E-state index contributed by atoms with van der Waals surface area (Å²) in [5.41, 5.74) is -1.24. The molecule has 0 bridgehead atoms. The van der Waals surface area contributed by atoms with Crippen LogP contribution >= 0.6 is 15.9 Å². The molecule has 1 rings (SSSR count). The maximum absolute atomic E-state index is 10.9. The molecule has 0 radical (unpaired) electrons. The van der Waals surface area contributed by atoms with Gasteiger partial charge in [0.1, 0.15) is 0 Å². The average molecular weight is 321 g/mol. The molecular weight excluding hydrogens is 312 g/mol. The average Bonchev–Trinajstić information content (AvgIpc) is 2.36. The van der Waals surface area contributed by atoms with E-state index in [-0.39, 0.29) is 5.56 Å². The van der Waals surface area contributed by atoms with E-state index in [0.29, 0.717) is 0 Å². The molecule has 0 amide bonds. The van der Waals surface area contributed by atoms with Gasteiger partial charge >= 0.3 is 0 Å². The highest BCUT2D eigenvalue weighted by atomic mass is 79.9. The van der Waals surface area contributed by atoms with Gasteiger partial charge in [0.05, 0.1) is 9.85 Å². The molecule has 0 saturated carbocycles. The van der Waals surface area contributed by atoms with Crippen LogP contribution in [0.1, 0.15) is 5.56 Å². The summed E-state index contributed by atoms with van der Waals surface area (Å²) in [7, 11) is 2.41. The van der Waals surface area contributed by atoms with Crippen molar-refractivity contribution in [1.29, 1.82) is 0 Å². The zero-order valence-electron chi connectivity index (χ0n) is 9.45. The van der Waals surface area contributed by atoms with Gasteiger partial charge in [0.2, 0.25) is 0 Å². The first-order valence-electron chi connectivity index (χ1n) is 4.59. The fraction of sp³-hybridized carbons (Fsp3) is 0.333. The smallest absolute Gasteiger partial charge is 0.285 e. The SMILES string of the molecule is COC(Br)(OC)c1c([N+](=O)[O-])cccc1[N+](=O)[O-]. The quantitative estimate of drug-likeness (QED) is 0.357. The van der Waals surface area contributed by atoms with Gasteiger partial charge in [-0.05, 0) is 22.0 Å². The third kappa shape index (κ3) is 2.47. The number of hydrogen-bond acceptors (Lipinski definition) is 6. The van der Waals surface area contributed by atoms with Crippen molar-refractivity contribution in [1.82, 2.24) is 0 Å². The number of halogens is 1. The molecular formula is C9H9BrN2O6.